The van der Waals surface area contributed by atoms with E-state index in [0.29, 0.717) is 19.6 Å². The standard InChI is InChI=1S/C14H24N2O4/c1-20-11-3-7-16(8-4-11)13(19)15-10-14(5-2-6-14)9-12(17)18/h11H,2-10H2,1H3,(H,15,19)(H,17,18). The van der Waals surface area contributed by atoms with E-state index in [4.69, 9.17) is 9.84 Å². The predicted octanol–water partition coefficient (Wildman–Crippen LogP) is 1.45. The summed E-state index contributed by atoms with van der Waals surface area (Å²) in [7, 11) is 1.70. The van der Waals surface area contributed by atoms with E-state index in [1.54, 1.807) is 12.0 Å². The van der Waals surface area contributed by atoms with E-state index >= 15 is 0 Å². The molecule has 114 valence electrons. The summed E-state index contributed by atoms with van der Waals surface area (Å²) in [4.78, 5) is 24.8. The van der Waals surface area contributed by atoms with Crippen LogP contribution in [0.5, 0.6) is 0 Å². The number of hydrogen-bond acceptors (Lipinski definition) is 3. The number of ether oxygens (including phenoxy) is 1. The van der Waals surface area contributed by atoms with E-state index in [1.807, 2.05) is 0 Å². The molecule has 0 atom stereocenters. The fourth-order valence-electron chi connectivity index (χ4n) is 3.08. The van der Waals surface area contributed by atoms with Crippen LogP contribution in [0.1, 0.15) is 38.5 Å². The lowest BCUT2D eigenvalue weighted by atomic mass is 9.66. The lowest BCUT2D eigenvalue weighted by Gasteiger charge is -2.41. The molecule has 2 amide bonds. The van der Waals surface area contributed by atoms with Crippen molar-refractivity contribution in [2.45, 2.75) is 44.6 Å². The number of likely N-dealkylation sites (tertiary alicyclic amines) is 1. The molecule has 6 nitrogen and oxygen atoms in total. The summed E-state index contributed by atoms with van der Waals surface area (Å²) in [6.07, 6.45) is 4.98. The third-order valence-corrected chi connectivity index (χ3v) is 4.62. The SMILES string of the molecule is COC1CCN(C(=O)NCC2(CC(=O)O)CCC2)CC1. The van der Waals surface area contributed by atoms with Gasteiger partial charge in [0.2, 0.25) is 0 Å². The highest BCUT2D eigenvalue weighted by Gasteiger charge is 2.39. The topological polar surface area (TPSA) is 78.9 Å². The normalized spacial score (nSPS) is 22.1. The van der Waals surface area contributed by atoms with Crippen LogP contribution in [0.25, 0.3) is 0 Å². The molecule has 1 heterocycles. The number of carbonyl (C=O) groups is 2. The number of carboxylic acids is 1. The van der Waals surface area contributed by atoms with Gasteiger partial charge in [0.05, 0.1) is 12.5 Å². The zero-order valence-corrected chi connectivity index (χ0v) is 12.1. The second-order valence-corrected chi connectivity index (χ2v) is 6.00. The molecule has 2 aliphatic rings. The molecule has 1 aliphatic carbocycles. The van der Waals surface area contributed by atoms with E-state index in [9.17, 15) is 9.59 Å². The Labute approximate surface area is 119 Å². The van der Waals surface area contributed by atoms with Crippen molar-refractivity contribution in [2.24, 2.45) is 5.41 Å². The first-order chi connectivity index (χ1) is 9.54. The van der Waals surface area contributed by atoms with Gasteiger partial charge in [-0.3, -0.25) is 4.79 Å². The summed E-state index contributed by atoms with van der Waals surface area (Å²) < 4.78 is 5.28. The van der Waals surface area contributed by atoms with Gasteiger partial charge in [-0.25, -0.2) is 4.79 Å². The Kier molecular flexibility index (Phi) is 4.86. The van der Waals surface area contributed by atoms with Crippen molar-refractivity contribution < 1.29 is 19.4 Å². The first kappa shape index (κ1) is 15.1. The number of aliphatic carboxylic acids is 1. The number of nitrogens with zero attached hydrogens (tertiary/aromatic N) is 1. The second-order valence-electron chi connectivity index (χ2n) is 6.00. The van der Waals surface area contributed by atoms with Crippen LogP contribution in [0.2, 0.25) is 0 Å². The summed E-state index contributed by atoms with van der Waals surface area (Å²) in [6.45, 7) is 1.88. The minimum absolute atomic E-state index is 0.0729. The van der Waals surface area contributed by atoms with Gasteiger partial charge in [-0.2, -0.15) is 0 Å². The van der Waals surface area contributed by atoms with Gasteiger partial charge >= 0.3 is 12.0 Å². The van der Waals surface area contributed by atoms with Crippen LogP contribution in [0.15, 0.2) is 0 Å². The fraction of sp³-hybridized carbons (Fsp3) is 0.857. The van der Waals surface area contributed by atoms with Gasteiger partial charge in [-0.05, 0) is 31.1 Å². The molecular weight excluding hydrogens is 260 g/mol. The number of nitrogens with one attached hydrogen (secondary N) is 1. The molecule has 6 heteroatoms. The first-order valence-corrected chi connectivity index (χ1v) is 7.32. The molecule has 2 rings (SSSR count). The summed E-state index contributed by atoms with van der Waals surface area (Å²) in [5.41, 5.74) is -0.216. The Balaban J connectivity index is 1.76. The van der Waals surface area contributed by atoms with Crippen LogP contribution >= 0.6 is 0 Å². The van der Waals surface area contributed by atoms with E-state index in [2.05, 4.69) is 5.32 Å². The van der Waals surface area contributed by atoms with Crippen molar-refractivity contribution in [1.29, 1.82) is 0 Å². The second kappa shape index (κ2) is 6.43. The molecule has 0 aromatic carbocycles. The first-order valence-electron chi connectivity index (χ1n) is 7.32. The van der Waals surface area contributed by atoms with Crippen molar-refractivity contribution in [3.8, 4) is 0 Å². The van der Waals surface area contributed by atoms with Gasteiger partial charge in [0.25, 0.3) is 0 Å². The Morgan fingerprint density at radius 2 is 2.00 bits per heavy atom. The van der Waals surface area contributed by atoms with Crippen LogP contribution in [0, 0.1) is 5.41 Å². The van der Waals surface area contributed by atoms with E-state index in [-0.39, 0.29) is 24.0 Å². The smallest absolute Gasteiger partial charge is 0.317 e. The Morgan fingerprint density at radius 3 is 2.45 bits per heavy atom. The predicted molar refractivity (Wildman–Crippen MR) is 73.5 cm³/mol. The summed E-state index contributed by atoms with van der Waals surface area (Å²) >= 11 is 0. The van der Waals surface area contributed by atoms with Gasteiger partial charge in [0, 0.05) is 26.7 Å². The van der Waals surface area contributed by atoms with E-state index in [0.717, 1.165) is 32.1 Å². The Morgan fingerprint density at radius 1 is 1.35 bits per heavy atom. The molecule has 0 aromatic heterocycles. The average Bonchev–Trinajstić information content (AvgIpc) is 2.41. The molecule has 0 bridgehead atoms. The van der Waals surface area contributed by atoms with Gasteiger partial charge in [-0.1, -0.05) is 6.42 Å². The maximum absolute atomic E-state index is 12.1. The highest BCUT2D eigenvalue weighted by Crippen LogP contribution is 2.43. The molecule has 1 saturated heterocycles. The van der Waals surface area contributed by atoms with Gasteiger partial charge < -0.3 is 20.1 Å². The zero-order valence-electron chi connectivity index (χ0n) is 12.1. The molecule has 2 fully saturated rings. The molecule has 0 aromatic rings. The minimum Gasteiger partial charge on any atom is -0.481 e. The fourth-order valence-corrected chi connectivity index (χ4v) is 3.08. The summed E-state index contributed by atoms with van der Waals surface area (Å²) in [6, 6.07) is -0.0729. The number of piperidine rings is 1. The molecule has 1 saturated carbocycles. The number of hydrogen-bond donors (Lipinski definition) is 2. The maximum atomic E-state index is 12.1. The summed E-state index contributed by atoms with van der Waals surface area (Å²) in [5, 5.41) is 11.9. The van der Waals surface area contributed by atoms with Crippen LogP contribution in [0.4, 0.5) is 4.79 Å². The van der Waals surface area contributed by atoms with Crippen LogP contribution in [0.3, 0.4) is 0 Å². The number of amides is 2. The highest BCUT2D eigenvalue weighted by atomic mass is 16.5. The lowest BCUT2D eigenvalue weighted by Crippen LogP contribution is -2.50. The molecule has 0 unspecified atom stereocenters. The zero-order chi connectivity index (χ0) is 14.6. The number of carboxylic acid groups (broad SMARTS) is 1. The highest BCUT2D eigenvalue weighted by molar-refractivity contribution is 5.74. The molecule has 2 N–H and O–H groups in total. The van der Waals surface area contributed by atoms with Gasteiger partial charge in [0.1, 0.15) is 0 Å². The molecular formula is C14H24N2O4. The Bertz CT molecular complexity index is 360. The number of carbonyl (C=O) groups excluding carboxylic acids is 1. The number of methoxy groups -OCH3 is 1. The van der Waals surface area contributed by atoms with E-state index in [1.165, 1.54) is 0 Å². The quantitative estimate of drug-likeness (QED) is 0.801. The molecule has 20 heavy (non-hydrogen) atoms. The van der Waals surface area contributed by atoms with Crippen molar-refractivity contribution in [3.63, 3.8) is 0 Å². The minimum atomic E-state index is -0.778. The largest absolute Gasteiger partial charge is 0.481 e. The number of rotatable bonds is 5. The van der Waals surface area contributed by atoms with Gasteiger partial charge in [-0.15, -0.1) is 0 Å². The van der Waals surface area contributed by atoms with Crippen molar-refractivity contribution in [1.82, 2.24) is 10.2 Å². The third-order valence-electron chi connectivity index (χ3n) is 4.62. The molecule has 1 aliphatic heterocycles. The molecule has 0 radical (unpaired) electrons. The van der Waals surface area contributed by atoms with E-state index < -0.39 is 5.97 Å². The van der Waals surface area contributed by atoms with Crippen LogP contribution in [-0.2, 0) is 9.53 Å². The average molecular weight is 284 g/mol. The van der Waals surface area contributed by atoms with Crippen LogP contribution in [-0.4, -0.2) is 54.9 Å². The Hall–Kier alpha value is -1.30. The van der Waals surface area contributed by atoms with Crippen molar-refractivity contribution in [3.05, 3.63) is 0 Å². The monoisotopic (exact) mass is 284 g/mol. The maximum Gasteiger partial charge on any atom is 0.317 e. The summed E-state index contributed by atoms with van der Waals surface area (Å²) in [5.74, 6) is -0.778. The lowest BCUT2D eigenvalue weighted by molar-refractivity contribution is -0.141. The third kappa shape index (κ3) is 3.62. The van der Waals surface area contributed by atoms with Gasteiger partial charge in [0.15, 0.2) is 0 Å². The van der Waals surface area contributed by atoms with Crippen LogP contribution < -0.4 is 5.32 Å². The van der Waals surface area contributed by atoms with Crippen molar-refractivity contribution >= 4 is 12.0 Å². The number of urea groups is 1. The van der Waals surface area contributed by atoms with Crippen molar-refractivity contribution in [2.75, 3.05) is 26.7 Å². The molecule has 0 spiro atoms.